The largest absolute Gasteiger partial charge is 0.504 e. The van der Waals surface area contributed by atoms with Crippen LogP contribution in [0.1, 0.15) is 48.8 Å². The Balaban J connectivity index is 1.21. The van der Waals surface area contributed by atoms with Crippen LogP contribution in [0.5, 0.6) is 17.2 Å². The Bertz CT molecular complexity index is 1290. The van der Waals surface area contributed by atoms with E-state index in [1.54, 1.807) is 19.3 Å². The van der Waals surface area contributed by atoms with Crippen LogP contribution in [0.4, 0.5) is 0 Å². The van der Waals surface area contributed by atoms with Crippen molar-refractivity contribution in [1.82, 2.24) is 10.2 Å². The number of aromatic hydroxyl groups is 1. The number of rotatable bonds is 6. The van der Waals surface area contributed by atoms with Crippen LogP contribution >= 0.6 is 0 Å². The lowest BCUT2D eigenvalue weighted by Crippen LogP contribution is -2.78. The number of para-hydroxylation sites is 1. The highest BCUT2D eigenvalue weighted by atomic mass is 16.5. The van der Waals surface area contributed by atoms with E-state index in [2.05, 4.69) is 10.2 Å². The minimum atomic E-state index is -0.953. The summed E-state index contributed by atoms with van der Waals surface area (Å²) >= 11 is 0. The summed E-state index contributed by atoms with van der Waals surface area (Å²) in [6.45, 7) is 1.94. The maximum atomic E-state index is 13.1. The summed E-state index contributed by atoms with van der Waals surface area (Å²) in [5.41, 5.74) is 1.38. The Morgan fingerprint density at radius 1 is 1.22 bits per heavy atom. The first kappa shape index (κ1) is 23.1. The van der Waals surface area contributed by atoms with Gasteiger partial charge in [-0.2, -0.15) is 0 Å². The molecule has 3 aliphatic carbocycles. The van der Waals surface area contributed by atoms with E-state index in [0.717, 1.165) is 48.5 Å². The number of benzene rings is 2. The molecule has 2 heterocycles. The van der Waals surface area contributed by atoms with Gasteiger partial charge in [0.05, 0.1) is 24.2 Å². The summed E-state index contributed by atoms with van der Waals surface area (Å²) in [5.74, 6) is 1.86. The zero-order chi connectivity index (χ0) is 25.4. The van der Waals surface area contributed by atoms with Crippen molar-refractivity contribution in [3.05, 3.63) is 59.2 Å². The maximum Gasteiger partial charge on any atom is 0.244 e. The molecule has 3 N–H and O–H groups in total. The highest BCUT2D eigenvalue weighted by molar-refractivity contribution is 5.92. The minimum absolute atomic E-state index is 0.0260. The third-order valence-corrected chi connectivity index (χ3v) is 9.64. The van der Waals surface area contributed by atoms with Gasteiger partial charge < -0.3 is 25.0 Å². The average molecular weight is 503 g/mol. The molecule has 1 amide bonds. The molecule has 0 aromatic heterocycles. The molecule has 2 saturated carbocycles. The van der Waals surface area contributed by atoms with Gasteiger partial charge in [0.2, 0.25) is 5.91 Å². The number of carbonyl (C=O) groups excluding carboxylic acids is 1. The highest BCUT2D eigenvalue weighted by Gasteiger charge is 2.73. The maximum absolute atomic E-state index is 13.1. The number of nitrogens with one attached hydrogen (secondary N) is 1. The van der Waals surface area contributed by atoms with Crippen LogP contribution in [0, 0.1) is 5.92 Å². The monoisotopic (exact) mass is 502 g/mol. The SMILES string of the molecule is COc1ccccc1/C=C/C(=O)N[C@@H]1CC[C@@]2(O)[C@H]3Cc4ccc(O)c5c4[C@@]2(CCN3CC2CC2)[C@H]1O5. The lowest BCUT2D eigenvalue weighted by Gasteiger charge is -2.64. The Kier molecular flexibility index (Phi) is 5.14. The zero-order valence-electron chi connectivity index (χ0n) is 21.2. The standard InChI is InChI=1S/C30H34N2O5/c1-36-23-5-3-2-4-19(23)9-11-25(34)31-21-12-13-30(35)24-16-20-8-10-22(33)27-26(20)29(30,28(21)37-27)14-15-32(24)17-18-6-7-18/h2-5,8-11,18,21,24,28,33,35H,6-7,12-17H2,1H3,(H,31,34)/b11-9+/t21-,24-,28+,29+,30-/m1/s1. The van der Waals surface area contributed by atoms with Gasteiger partial charge in [0, 0.05) is 29.8 Å². The van der Waals surface area contributed by atoms with Crippen LogP contribution in [0.2, 0.25) is 0 Å². The Morgan fingerprint density at radius 2 is 2.05 bits per heavy atom. The van der Waals surface area contributed by atoms with E-state index in [4.69, 9.17) is 9.47 Å². The first-order valence-electron chi connectivity index (χ1n) is 13.5. The van der Waals surface area contributed by atoms with E-state index in [1.165, 1.54) is 18.9 Å². The lowest BCUT2D eigenvalue weighted by molar-refractivity contribution is -0.192. The molecule has 2 aromatic rings. The first-order valence-corrected chi connectivity index (χ1v) is 13.5. The van der Waals surface area contributed by atoms with Crippen molar-refractivity contribution >= 4 is 12.0 Å². The number of carbonyl (C=O) groups is 1. The van der Waals surface area contributed by atoms with Crippen LogP contribution in [0.3, 0.4) is 0 Å². The van der Waals surface area contributed by atoms with Gasteiger partial charge in [-0.15, -0.1) is 0 Å². The van der Waals surface area contributed by atoms with Gasteiger partial charge in [-0.25, -0.2) is 0 Å². The molecule has 7 nitrogen and oxygen atoms in total. The second-order valence-corrected chi connectivity index (χ2v) is 11.5. The summed E-state index contributed by atoms with van der Waals surface area (Å²) in [5, 5.41) is 26.5. The predicted molar refractivity (Wildman–Crippen MR) is 139 cm³/mol. The van der Waals surface area contributed by atoms with E-state index in [-0.39, 0.29) is 23.7 Å². The molecule has 3 fully saturated rings. The first-order chi connectivity index (χ1) is 17.9. The van der Waals surface area contributed by atoms with Crippen molar-refractivity contribution in [3.8, 4) is 17.2 Å². The van der Waals surface area contributed by atoms with E-state index in [9.17, 15) is 15.0 Å². The van der Waals surface area contributed by atoms with E-state index >= 15 is 0 Å². The number of phenols is 1. The Morgan fingerprint density at radius 3 is 2.86 bits per heavy atom. The predicted octanol–water partition coefficient (Wildman–Crippen LogP) is 3.16. The van der Waals surface area contributed by atoms with Crippen LogP contribution in [0.15, 0.2) is 42.5 Å². The van der Waals surface area contributed by atoms with Crippen LogP contribution in [-0.2, 0) is 16.6 Å². The third-order valence-electron chi connectivity index (χ3n) is 9.64. The Labute approximate surface area is 217 Å². The molecule has 0 unspecified atom stereocenters. The number of nitrogens with zero attached hydrogens (tertiary/aromatic N) is 1. The molecule has 7 heteroatoms. The van der Waals surface area contributed by atoms with E-state index < -0.39 is 17.1 Å². The number of phenolic OH excluding ortho intramolecular Hbond substituents is 1. The molecule has 2 bridgehead atoms. The van der Waals surface area contributed by atoms with Crippen LogP contribution < -0.4 is 14.8 Å². The zero-order valence-corrected chi connectivity index (χ0v) is 21.2. The van der Waals surface area contributed by atoms with Crippen molar-refractivity contribution in [3.63, 3.8) is 0 Å². The average Bonchev–Trinajstić information content (AvgIpc) is 3.64. The fourth-order valence-electron chi connectivity index (χ4n) is 7.83. The normalized spacial score (nSPS) is 33.6. The number of amides is 1. The fraction of sp³-hybridized carbons (Fsp3) is 0.500. The molecular weight excluding hydrogens is 468 g/mol. The van der Waals surface area contributed by atoms with Crippen molar-refractivity contribution in [2.24, 2.45) is 5.92 Å². The van der Waals surface area contributed by atoms with Crippen LogP contribution in [-0.4, -0.2) is 65.0 Å². The van der Waals surface area contributed by atoms with Gasteiger partial charge in [0.15, 0.2) is 11.5 Å². The summed E-state index contributed by atoms with van der Waals surface area (Å²) in [7, 11) is 1.61. The van der Waals surface area contributed by atoms with E-state index in [0.29, 0.717) is 24.3 Å². The molecule has 0 radical (unpaired) electrons. The molecule has 37 heavy (non-hydrogen) atoms. The van der Waals surface area contributed by atoms with E-state index in [1.807, 2.05) is 30.3 Å². The summed E-state index contributed by atoms with van der Waals surface area (Å²) in [6.07, 6.45) is 8.15. The molecule has 194 valence electrons. The van der Waals surface area contributed by atoms with Crippen molar-refractivity contribution in [1.29, 1.82) is 0 Å². The number of hydrogen-bond donors (Lipinski definition) is 3. The molecule has 2 aliphatic heterocycles. The number of hydrogen-bond acceptors (Lipinski definition) is 6. The number of methoxy groups -OCH3 is 1. The molecule has 5 atom stereocenters. The quantitative estimate of drug-likeness (QED) is 0.526. The highest BCUT2D eigenvalue weighted by Crippen LogP contribution is 2.65. The molecule has 1 saturated heterocycles. The molecule has 2 aromatic carbocycles. The minimum Gasteiger partial charge on any atom is -0.504 e. The van der Waals surface area contributed by atoms with Gasteiger partial charge >= 0.3 is 0 Å². The Hall–Kier alpha value is -3.03. The number of piperidine rings is 1. The summed E-state index contributed by atoms with van der Waals surface area (Å²) in [4.78, 5) is 15.6. The van der Waals surface area contributed by atoms with Crippen molar-refractivity contribution in [2.75, 3.05) is 20.2 Å². The second kappa shape index (κ2) is 8.23. The van der Waals surface area contributed by atoms with Crippen molar-refractivity contribution < 1.29 is 24.5 Å². The van der Waals surface area contributed by atoms with Gasteiger partial charge in [0.25, 0.3) is 0 Å². The topological polar surface area (TPSA) is 91.3 Å². The smallest absolute Gasteiger partial charge is 0.244 e. The molecule has 7 rings (SSSR count). The number of aliphatic hydroxyl groups is 1. The third kappa shape index (κ3) is 3.29. The van der Waals surface area contributed by atoms with Crippen molar-refractivity contribution in [2.45, 2.75) is 67.7 Å². The van der Waals surface area contributed by atoms with Gasteiger partial charge in [0.1, 0.15) is 11.9 Å². The molecule has 1 spiro atoms. The second-order valence-electron chi connectivity index (χ2n) is 11.5. The number of likely N-dealkylation sites (tertiary alicyclic amines) is 1. The molecule has 5 aliphatic rings. The summed E-state index contributed by atoms with van der Waals surface area (Å²) in [6, 6.07) is 11.0. The lowest BCUT2D eigenvalue weighted by atomic mass is 9.48. The number of ether oxygens (including phenoxy) is 2. The van der Waals surface area contributed by atoms with Crippen LogP contribution in [0.25, 0.3) is 6.08 Å². The fourth-order valence-corrected chi connectivity index (χ4v) is 7.83. The van der Waals surface area contributed by atoms with Gasteiger partial charge in [-0.05, 0) is 74.8 Å². The van der Waals surface area contributed by atoms with Gasteiger partial charge in [-0.3, -0.25) is 9.69 Å². The molecular formula is C30H34N2O5. The summed E-state index contributed by atoms with van der Waals surface area (Å²) < 4.78 is 11.9. The van der Waals surface area contributed by atoms with Gasteiger partial charge in [-0.1, -0.05) is 24.3 Å².